The summed E-state index contributed by atoms with van der Waals surface area (Å²) in [5, 5.41) is 40.7. The highest BCUT2D eigenvalue weighted by molar-refractivity contribution is 5.41. The first-order valence-electron chi connectivity index (χ1n) is 16.6. The number of benzene rings is 2. The van der Waals surface area contributed by atoms with Gasteiger partial charge in [-0.25, -0.2) is 0 Å². The van der Waals surface area contributed by atoms with Gasteiger partial charge in [-0.15, -0.1) is 6.42 Å². The van der Waals surface area contributed by atoms with Crippen LogP contribution in [0.2, 0.25) is 0 Å². The molecule has 0 aromatic heterocycles. The highest BCUT2D eigenvalue weighted by atomic mass is 16.3. The van der Waals surface area contributed by atoms with Gasteiger partial charge in [-0.05, 0) is 164 Å². The fourth-order valence-electron chi connectivity index (χ4n) is 11.4. The molecule has 2 aromatic rings. The fraction of sp³-hybridized carbons (Fsp3) is 0.632. The first-order chi connectivity index (χ1) is 20.1. The van der Waals surface area contributed by atoms with Crippen LogP contribution >= 0.6 is 0 Å². The van der Waals surface area contributed by atoms with E-state index in [1.165, 1.54) is 41.5 Å². The van der Waals surface area contributed by atoms with E-state index in [2.05, 4.69) is 31.9 Å². The predicted octanol–water partition coefficient (Wildman–Crippen LogP) is 7.22. The number of hydrogen-bond donors (Lipinski definition) is 4. The van der Waals surface area contributed by atoms with Crippen molar-refractivity contribution in [3.05, 3.63) is 58.7 Å². The first kappa shape index (κ1) is 28.3. The molecule has 8 rings (SSSR count). The molecule has 0 amide bonds. The van der Waals surface area contributed by atoms with E-state index in [0.29, 0.717) is 41.1 Å². The topological polar surface area (TPSA) is 80.9 Å². The molecule has 4 saturated carbocycles. The van der Waals surface area contributed by atoms with Crippen molar-refractivity contribution in [2.45, 2.75) is 114 Å². The Labute approximate surface area is 251 Å². The van der Waals surface area contributed by atoms with Gasteiger partial charge >= 0.3 is 0 Å². The van der Waals surface area contributed by atoms with Gasteiger partial charge in [0.25, 0.3) is 0 Å². The molecule has 1 unspecified atom stereocenters. The van der Waals surface area contributed by atoms with Crippen LogP contribution in [0, 0.1) is 46.8 Å². The van der Waals surface area contributed by atoms with Crippen molar-refractivity contribution >= 4 is 0 Å². The van der Waals surface area contributed by atoms with Crippen LogP contribution in [0.3, 0.4) is 0 Å². The Morgan fingerprint density at radius 1 is 0.714 bits per heavy atom. The minimum atomic E-state index is -0.919. The lowest BCUT2D eigenvalue weighted by Gasteiger charge is -2.52. The molecule has 0 radical (unpaired) electrons. The van der Waals surface area contributed by atoms with Gasteiger partial charge in [0.05, 0.1) is 6.10 Å². The summed E-state index contributed by atoms with van der Waals surface area (Å²) in [7, 11) is 0. The molecule has 4 nitrogen and oxygen atoms in total. The van der Waals surface area contributed by atoms with Gasteiger partial charge in [-0.2, -0.15) is 0 Å². The van der Waals surface area contributed by atoms with Crippen LogP contribution in [-0.4, -0.2) is 32.1 Å². The van der Waals surface area contributed by atoms with Gasteiger partial charge in [-0.3, -0.25) is 0 Å². The molecule has 224 valence electrons. The van der Waals surface area contributed by atoms with Gasteiger partial charge in [0.1, 0.15) is 17.1 Å². The number of aromatic hydroxyl groups is 2. The maximum absolute atomic E-state index is 10.9. The summed E-state index contributed by atoms with van der Waals surface area (Å²) in [4.78, 5) is 0. The second-order valence-corrected chi connectivity index (χ2v) is 15.2. The quantitative estimate of drug-likeness (QED) is 0.253. The molecule has 4 fully saturated rings. The van der Waals surface area contributed by atoms with E-state index in [1.54, 1.807) is 0 Å². The second-order valence-electron chi connectivity index (χ2n) is 15.2. The van der Waals surface area contributed by atoms with Crippen LogP contribution in [0.15, 0.2) is 36.4 Å². The van der Waals surface area contributed by atoms with Crippen molar-refractivity contribution in [2.24, 2.45) is 34.5 Å². The summed E-state index contributed by atoms with van der Waals surface area (Å²) in [6.45, 7) is 4.53. The maximum atomic E-state index is 10.9. The van der Waals surface area contributed by atoms with Gasteiger partial charge in [-0.1, -0.05) is 31.9 Å². The van der Waals surface area contributed by atoms with E-state index in [4.69, 9.17) is 6.42 Å². The number of aliphatic hydroxyl groups is 2. The highest BCUT2D eigenvalue weighted by Gasteiger charge is 2.61. The average Bonchev–Trinajstić information content (AvgIpc) is 3.44. The molecule has 4 heteroatoms. The Hall–Kier alpha value is -2.48. The average molecular weight is 569 g/mol. The van der Waals surface area contributed by atoms with Crippen molar-refractivity contribution < 1.29 is 20.4 Å². The number of terminal acetylenes is 1. The molecular weight excluding hydrogens is 520 g/mol. The molecule has 0 heterocycles. The van der Waals surface area contributed by atoms with E-state index in [9.17, 15) is 20.4 Å². The van der Waals surface area contributed by atoms with E-state index in [1.807, 2.05) is 24.3 Å². The fourth-order valence-corrected chi connectivity index (χ4v) is 11.4. The number of rotatable bonds is 0. The zero-order valence-corrected chi connectivity index (χ0v) is 25.4. The van der Waals surface area contributed by atoms with Crippen LogP contribution in [0.25, 0.3) is 0 Å². The Morgan fingerprint density at radius 3 is 1.88 bits per heavy atom. The molecule has 0 spiro atoms. The molecule has 6 aliphatic rings. The number of fused-ring (bicyclic) bond motifs is 10. The predicted molar refractivity (Wildman–Crippen MR) is 165 cm³/mol. The smallest absolute Gasteiger partial charge is 0.130 e. The van der Waals surface area contributed by atoms with Gasteiger partial charge < -0.3 is 20.4 Å². The molecule has 0 bridgehead atoms. The van der Waals surface area contributed by atoms with Crippen LogP contribution < -0.4 is 0 Å². The molecule has 4 N–H and O–H groups in total. The van der Waals surface area contributed by atoms with Crippen molar-refractivity contribution in [2.75, 3.05) is 0 Å². The third kappa shape index (κ3) is 4.10. The largest absolute Gasteiger partial charge is 0.508 e. The molecule has 42 heavy (non-hydrogen) atoms. The minimum absolute atomic E-state index is 0.0883. The second kappa shape index (κ2) is 10.0. The third-order valence-corrected chi connectivity index (χ3v) is 13.8. The van der Waals surface area contributed by atoms with Crippen LogP contribution in [-0.2, 0) is 12.8 Å². The molecule has 6 aliphatic carbocycles. The molecular formula is C38H48O4. The number of hydrogen-bond acceptors (Lipinski definition) is 4. The number of aliphatic hydroxyl groups excluding tert-OH is 1. The molecule has 0 saturated heterocycles. The van der Waals surface area contributed by atoms with Crippen LogP contribution in [0.1, 0.15) is 112 Å². The Bertz CT molecular complexity index is 1410. The van der Waals surface area contributed by atoms with E-state index in [0.717, 1.165) is 63.7 Å². The highest BCUT2D eigenvalue weighted by Crippen LogP contribution is 2.64. The van der Waals surface area contributed by atoms with Gasteiger partial charge in [0, 0.05) is 5.41 Å². The summed E-state index contributed by atoms with van der Waals surface area (Å²) in [6, 6.07) is 11.8. The monoisotopic (exact) mass is 568 g/mol. The standard InChI is InChI=1S/C20H24O2.C18H24O2/c1-3-20(22)11-9-18-17-6-4-13-12-14(21)5-7-15(13)16(17)8-10-19(18,20)2;1-18-9-8-14-13-5-3-12(19)10-11(13)2-4-15(14)16(18)6-7-17(18)20/h1,5,7,12,16-18,21-22H,4,6,8-11H2,2H3;3,5,10,14-17,19-20H,2,4,6-9H2,1H3/t16-,17-,18+,19+,20+;14-,15-,16+,17?,18+/m11/s1. The van der Waals surface area contributed by atoms with E-state index in [-0.39, 0.29) is 16.9 Å². The van der Waals surface area contributed by atoms with E-state index < -0.39 is 5.60 Å². The van der Waals surface area contributed by atoms with Gasteiger partial charge in [0.15, 0.2) is 0 Å². The van der Waals surface area contributed by atoms with Crippen molar-refractivity contribution in [3.63, 3.8) is 0 Å². The Balaban J connectivity index is 0.000000138. The van der Waals surface area contributed by atoms with Gasteiger partial charge in [0.2, 0.25) is 0 Å². The zero-order chi connectivity index (χ0) is 29.4. The lowest BCUT2D eigenvalue weighted by atomic mass is 9.53. The lowest BCUT2D eigenvalue weighted by molar-refractivity contribution is -0.0646. The number of phenolic OH excluding ortho intramolecular Hbond substituents is 2. The SMILES string of the molecule is C#C[C@]1(O)CC[C@H]2[C@@H]3CCc4cc(O)ccc4[C@H]3CC[C@@]21C.C[C@]12CC[C@@H]3c4ccc(O)cc4CC[C@H]3[C@@H]1CCC2O. The molecule has 2 aromatic carbocycles. The van der Waals surface area contributed by atoms with Crippen LogP contribution in [0.4, 0.5) is 0 Å². The van der Waals surface area contributed by atoms with Crippen molar-refractivity contribution in [1.82, 2.24) is 0 Å². The number of phenols is 2. The summed E-state index contributed by atoms with van der Waals surface area (Å²) in [5.41, 5.74) is 4.68. The molecule has 10 atom stereocenters. The van der Waals surface area contributed by atoms with E-state index >= 15 is 0 Å². The summed E-state index contributed by atoms with van der Waals surface area (Å²) in [6.07, 6.45) is 18.6. The minimum Gasteiger partial charge on any atom is -0.508 e. The lowest BCUT2D eigenvalue weighted by Crippen LogP contribution is -2.50. The van der Waals surface area contributed by atoms with Crippen LogP contribution in [0.5, 0.6) is 11.5 Å². The van der Waals surface area contributed by atoms with Crippen molar-refractivity contribution in [1.29, 1.82) is 0 Å². The van der Waals surface area contributed by atoms with Crippen molar-refractivity contribution in [3.8, 4) is 23.8 Å². The Kier molecular flexibility index (Phi) is 6.76. The summed E-state index contributed by atoms with van der Waals surface area (Å²) in [5.74, 6) is 7.31. The third-order valence-electron chi connectivity index (χ3n) is 13.8. The first-order valence-corrected chi connectivity index (χ1v) is 16.6. The normalized spacial score (nSPS) is 42.8. The molecule has 0 aliphatic heterocycles. The number of aryl methyl sites for hydroxylation is 2. The zero-order valence-electron chi connectivity index (χ0n) is 25.4. The summed E-state index contributed by atoms with van der Waals surface area (Å²) >= 11 is 0. The maximum Gasteiger partial charge on any atom is 0.130 e. The Morgan fingerprint density at radius 2 is 1.29 bits per heavy atom. The summed E-state index contributed by atoms with van der Waals surface area (Å²) < 4.78 is 0.